The van der Waals surface area contributed by atoms with Crippen molar-refractivity contribution in [3.05, 3.63) is 54.1 Å². The van der Waals surface area contributed by atoms with Crippen molar-refractivity contribution < 1.29 is 4.43 Å². The average Bonchev–Trinajstić information content (AvgIpc) is 2.48. The number of fused-ring (bicyclic) bond motifs is 1. The van der Waals surface area contributed by atoms with Crippen molar-refractivity contribution >= 4 is 19.1 Å². The van der Waals surface area contributed by atoms with Gasteiger partial charge >= 0.3 is 0 Å². The first-order valence-corrected chi connectivity index (χ1v) is 11.2. The molecule has 0 heterocycles. The normalized spacial score (nSPS) is 13.0. The predicted molar refractivity (Wildman–Crippen MR) is 104 cm³/mol. The zero-order valence-corrected chi connectivity index (χ0v) is 16.0. The summed E-state index contributed by atoms with van der Waals surface area (Å²) in [5.41, 5.74) is 6.85. The lowest BCUT2D eigenvalue weighted by Gasteiger charge is -2.36. The van der Waals surface area contributed by atoms with Gasteiger partial charge in [-0.25, -0.2) is 0 Å². The molecule has 0 unspecified atom stereocenters. The molecule has 3 heteroatoms. The van der Waals surface area contributed by atoms with Gasteiger partial charge in [-0.15, -0.1) is 0 Å². The Morgan fingerprint density at radius 1 is 1.00 bits per heavy atom. The molecule has 0 saturated carbocycles. The summed E-state index contributed by atoms with van der Waals surface area (Å²) in [6.45, 7) is 12.0. The first kappa shape index (κ1) is 17.8. The fraction of sp³-hybridized carbons (Fsp3) is 0.400. The standard InChI is InChI=1S/C20H29NOSi/c1-20(2,3)23(4,5)22-19-14-13-16(10-8-9-15-21)17-11-6-7-12-18(17)19/h6-9,11-14H,10,15,21H2,1-5H3. The van der Waals surface area contributed by atoms with Gasteiger partial charge in [0.2, 0.25) is 0 Å². The second-order valence-corrected chi connectivity index (χ2v) is 12.3. The number of rotatable bonds is 5. The molecule has 0 aliphatic carbocycles. The third-order valence-corrected chi connectivity index (χ3v) is 9.13. The molecule has 2 aromatic carbocycles. The smallest absolute Gasteiger partial charge is 0.250 e. The number of hydrogen-bond donors (Lipinski definition) is 1. The Balaban J connectivity index is 2.44. The number of benzene rings is 2. The van der Waals surface area contributed by atoms with Crippen molar-refractivity contribution in [2.75, 3.05) is 6.54 Å². The van der Waals surface area contributed by atoms with E-state index in [1.807, 2.05) is 6.08 Å². The summed E-state index contributed by atoms with van der Waals surface area (Å²) >= 11 is 0. The summed E-state index contributed by atoms with van der Waals surface area (Å²) in [7, 11) is -1.84. The van der Waals surface area contributed by atoms with Gasteiger partial charge in [-0.3, -0.25) is 0 Å². The average molecular weight is 328 g/mol. The maximum Gasteiger partial charge on any atom is 0.250 e. The van der Waals surface area contributed by atoms with Crippen LogP contribution in [-0.2, 0) is 6.42 Å². The topological polar surface area (TPSA) is 35.2 Å². The third kappa shape index (κ3) is 4.04. The van der Waals surface area contributed by atoms with Crippen molar-refractivity contribution in [2.45, 2.75) is 45.3 Å². The zero-order chi connectivity index (χ0) is 17.1. The van der Waals surface area contributed by atoms with Gasteiger partial charge in [0, 0.05) is 11.9 Å². The molecule has 0 aromatic heterocycles. The van der Waals surface area contributed by atoms with Crippen LogP contribution >= 0.6 is 0 Å². The minimum atomic E-state index is -1.84. The second-order valence-electron chi connectivity index (χ2n) is 7.54. The largest absolute Gasteiger partial charge is 0.543 e. The van der Waals surface area contributed by atoms with Crippen LogP contribution in [0.15, 0.2) is 48.6 Å². The van der Waals surface area contributed by atoms with Crippen LogP contribution in [0, 0.1) is 0 Å². The summed E-state index contributed by atoms with van der Waals surface area (Å²) in [5.74, 6) is 1.01. The summed E-state index contributed by atoms with van der Waals surface area (Å²) in [4.78, 5) is 0. The molecule has 2 aromatic rings. The van der Waals surface area contributed by atoms with Crippen molar-refractivity contribution in [1.29, 1.82) is 0 Å². The number of nitrogens with two attached hydrogens (primary N) is 1. The Labute approximate surface area is 141 Å². The van der Waals surface area contributed by atoms with Gasteiger partial charge in [0.15, 0.2) is 0 Å². The Morgan fingerprint density at radius 2 is 1.65 bits per heavy atom. The predicted octanol–water partition coefficient (Wildman–Crippen LogP) is 5.28. The fourth-order valence-electron chi connectivity index (χ4n) is 2.34. The van der Waals surface area contributed by atoms with Crippen LogP contribution in [0.25, 0.3) is 10.8 Å². The summed E-state index contributed by atoms with van der Waals surface area (Å²) in [6, 6.07) is 12.8. The quantitative estimate of drug-likeness (QED) is 0.599. The molecule has 0 spiro atoms. The molecule has 0 atom stereocenters. The van der Waals surface area contributed by atoms with E-state index >= 15 is 0 Å². The van der Waals surface area contributed by atoms with E-state index in [0.717, 1.165) is 12.2 Å². The van der Waals surface area contributed by atoms with Gasteiger partial charge in [0.25, 0.3) is 8.32 Å². The van der Waals surface area contributed by atoms with Crippen molar-refractivity contribution in [3.8, 4) is 5.75 Å². The molecule has 0 amide bonds. The van der Waals surface area contributed by atoms with E-state index in [0.29, 0.717) is 6.54 Å². The van der Waals surface area contributed by atoms with Crippen LogP contribution in [0.1, 0.15) is 26.3 Å². The highest BCUT2D eigenvalue weighted by Gasteiger charge is 2.39. The van der Waals surface area contributed by atoms with Crippen LogP contribution in [0.5, 0.6) is 5.75 Å². The highest BCUT2D eigenvalue weighted by molar-refractivity contribution is 6.74. The summed E-state index contributed by atoms with van der Waals surface area (Å²) in [5, 5.41) is 2.66. The second kappa shape index (κ2) is 6.89. The molecule has 0 radical (unpaired) electrons. The van der Waals surface area contributed by atoms with Gasteiger partial charge in [0.1, 0.15) is 5.75 Å². The maximum atomic E-state index is 6.56. The lowest BCUT2D eigenvalue weighted by Crippen LogP contribution is -2.43. The molecule has 2 N–H and O–H groups in total. The molecule has 2 rings (SSSR count). The molecule has 23 heavy (non-hydrogen) atoms. The monoisotopic (exact) mass is 327 g/mol. The van der Waals surface area contributed by atoms with Gasteiger partial charge in [-0.05, 0) is 41.6 Å². The van der Waals surface area contributed by atoms with Gasteiger partial charge in [-0.2, -0.15) is 0 Å². The Hall–Kier alpha value is -1.58. The van der Waals surface area contributed by atoms with E-state index in [2.05, 4.69) is 76.3 Å². The van der Waals surface area contributed by atoms with E-state index in [1.54, 1.807) is 0 Å². The van der Waals surface area contributed by atoms with Gasteiger partial charge in [0.05, 0.1) is 0 Å². The summed E-state index contributed by atoms with van der Waals surface area (Å²) < 4.78 is 6.56. The summed E-state index contributed by atoms with van der Waals surface area (Å²) in [6.07, 6.45) is 5.04. The van der Waals surface area contributed by atoms with E-state index in [1.165, 1.54) is 16.3 Å². The highest BCUT2D eigenvalue weighted by atomic mass is 28.4. The molecule has 0 fully saturated rings. The highest BCUT2D eigenvalue weighted by Crippen LogP contribution is 2.39. The third-order valence-electron chi connectivity index (χ3n) is 4.79. The lowest BCUT2D eigenvalue weighted by atomic mass is 10.0. The SMILES string of the molecule is CC(C)(C)[Si](C)(C)Oc1ccc(CC=CCN)c2ccccc12. The van der Waals surface area contributed by atoms with Crippen LogP contribution < -0.4 is 10.2 Å². The van der Waals surface area contributed by atoms with Crippen molar-refractivity contribution in [1.82, 2.24) is 0 Å². The van der Waals surface area contributed by atoms with Gasteiger partial charge < -0.3 is 10.2 Å². The zero-order valence-electron chi connectivity index (χ0n) is 15.0. The van der Waals surface area contributed by atoms with Crippen LogP contribution in [0.4, 0.5) is 0 Å². The van der Waals surface area contributed by atoms with Gasteiger partial charge in [-0.1, -0.05) is 63.3 Å². The number of hydrogen-bond acceptors (Lipinski definition) is 2. The first-order valence-electron chi connectivity index (χ1n) is 8.31. The molecule has 2 nitrogen and oxygen atoms in total. The molecule has 0 bridgehead atoms. The maximum absolute atomic E-state index is 6.56. The van der Waals surface area contributed by atoms with Crippen LogP contribution in [-0.4, -0.2) is 14.9 Å². The molecule has 0 aliphatic rings. The Kier molecular flexibility index (Phi) is 5.32. The van der Waals surface area contributed by atoms with Crippen molar-refractivity contribution in [3.63, 3.8) is 0 Å². The van der Waals surface area contributed by atoms with E-state index in [4.69, 9.17) is 10.2 Å². The molecule has 0 saturated heterocycles. The Bertz CT molecular complexity index is 698. The minimum Gasteiger partial charge on any atom is -0.543 e. The number of allylic oxidation sites excluding steroid dienone is 1. The van der Waals surface area contributed by atoms with E-state index in [-0.39, 0.29) is 5.04 Å². The van der Waals surface area contributed by atoms with E-state index in [9.17, 15) is 0 Å². The molecule has 0 aliphatic heterocycles. The molecular weight excluding hydrogens is 298 g/mol. The Morgan fingerprint density at radius 3 is 2.26 bits per heavy atom. The first-order chi connectivity index (χ1) is 10.8. The van der Waals surface area contributed by atoms with E-state index < -0.39 is 8.32 Å². The fourth-order valence-corrected chi connectivity index (χ4v) is 3.37. The molecular formula is C20H29NOSi. The molecule has 124 valence electrons. The minimum absolute atomic E-state index is 0.191. The van der Waals surface area contributed by atoms with Crippen molar-refractivity contribution in [2.24, 2.45) is 5.73 Å². The van der Waals surface area contributed by atoms with Crippen LogP contribution in [0.3, 0.4) is 0 Å². The lowest BCUT2D eigenvalue weighted by molar-refractivity contribution is 0.496. The van der Waals surface area contributed by atoms with Crippen LogP contribution in [0.2, 0.25) is 18.1 Å².